The minimum Gasteiger partial charge on any atom is -0.330 e. The predicted octanol–water partition coefficient (Wildman–Crippen LogP) is 2.40. The number of hydrogen-bond acceptors (Lipinski definition) is 6. The molecular weight excluding hydrogens is 290 g/mol. The molecule has 0 amide bonds. The van der Waals surface area contributed by atoms with Crippen molar-refractivity contribution in [1.82, 2.24) is 20.0 Å². The Bertz CT molecular complexity index is 656. The van der Waals surface area contributed by atoms with Crippen LogP contribution in [0.15, 0.2) is 28.4 Å². The first kappa shape index (κ1) is 13.4. The van der Waals surface area contributed by atoms with Crippen LogP contribution < -0.4 is 5.73 Å². The Morgan fingerprint density at radius 2 is 2.20 bits per heavy atom. The van der Waals surface area contributed by atoms with Gasteiger partial charge < -0.3 is 5.73 Å². The lowest BCUT2D eigenvalue weighted by atomic mass is 10.2. The van der Waals surface area contributed by atoms with Gasteiger partial charge in [0, 0.05) is 22.5 Å². The van der Waals surface area contributed by atoms with Crippen LogP contribution in [0.3, 0.4) is 0 Å². The first-order valence-electron chi connectivity index (χ1n) is 6.41. The molecule has 0 fully saturated rings. The highest BCUT2D eigenvalue weighted by Crippen LogP contribution is 2.25. The van der Waals surface area contributed by atoms with E-state index in [9.17, 15) is 0 Å². The first-order chi connectivity index (χ1) is 9.85. The van der Waals surface area contributed by atoms with Gasteiger partial charge in [0.1, 0.15) is 5.01 Å². The summed E-state index contributed by atoms with van der Waals surface area (Å²) in [7, 11) is 0. The number of aromatic nitrogens is 4. The Morgan fingerprint density at radius 1 is 1.25 bits per heavy atom. The highest BCUT2D eigenvalue weighted by molar-refractivity contribution is 7.14. The molecule has 3 heterocycles. The summed E-state index contributed by atoms with van der Waals surface area (Å²) in [5, 5.41) is 15.6. The fraction of sp³-hybridized carbons (Fsp3) is 0.308. The van der Waals surface area contributed by atoms with E-state index in [2.05, 4.69) is 37.5 Å². The van der Waals surface area contributed by atoms with Crippen LogP contribution in [0.5, 0.6) is 0 Å². The molecule has 0 saturated carbocycles. The van der Waals surface area contributed by atoms with Crippen LogP contribution in [0, 0.1) is 0 Å². The molecule has 3 aromatic heterocycles. The van der Waals surface area contributed by atoms with Crippen molar-refractivity contribution in [2.75, 3.05) is 6.54 Å². The molecule has 0 saturated heterocycles. The summed E-state index contributed by atoms with van der Waals surface area (Å²) in [5.41, 5.74) is 8.69. The van der Waals surface area contributed by atoms with Crippen molar-refractivity contribution >= 4 is 22.7 Å². The molecule has 0 aliphatic heterocycles. The normalized spacial score (nSPS) is 11.1. The van der Waals surface area contributed by atoms with E-state index in [0.29, 0.717) is 13.1 Å². The van der Waals surface area contributed by atoms with Crippen molar-refractivity contribution in [3.63, 3.8) is 0 Å². The van der Waals surface area contributed by atoms with Gasteiger partial charge in [-0.2, -0.15) is 11.3 Å². The van der Waals surface area contributed by atoms with Crippen molar-refractivity contribution in [3.05, 3.63) is 39.8 Å². The standard InChI is InChI=1S/C13H15N5S2/c14-4-1-2-11-6-18(17-16-11)7-12-9-20-13(15-12)10-3-5-19-8-10/h3,5-6,8-9H,1-2,4,7,14H2. The molecule has 3 aromatic rings. The first-order valence-corrected chi connectivity index (χ1v) is 8.23. The molecule has 0 bridgehead atoms. The van der Waals surface area contributed by atoms with Gasteiger partial charge in [0.25, 0.3) is 0 Å². The van der Waals surface area contributed by atoms with Crippen LogP contribution in [0.1, 0.15) is 17.8 Å². The summed E-state index contributed by atoms with van der Waals surface area (Å²) in [4.78, 5) is 4.64. The zero-order chi connectivity index (χ0) is 13.8. The maximum Gasteiger partial charge on any atom is 0.124 e. The number of nitrogens with two attached hydrogens (primary N) is 1. The lowest BCUT2D eigenvalue weighted by Gasteiger charge is -1.95. The van der Waals surface area contributed by atoms with Gasteiger partial charge in [-0.25, -0.2) is 9.67 Å². The third-order valence-electron chi connectivity index (χ3n) is 2.87. The molecule has 0 spiro atoms. The third kappa shape index (κ3) is 3.12. The predicted molar refractivity (Wildman–Crippen MR) is 81.9 cm³/mol. The van der Waals surface area contributed by atoms with Gasteiger partial charge in [-0.15, -0.1) is 16.4 Å². The summed E-state index contributed by atoms with van der Waals surface area (Å²) in [6.07, 6.45) is 3.80. The van der Waals surface area contributed by atoms with Crippen LogP contribution in [-0.2, 0) is 13.0 Å². The number of thiophene rings is 1. The van der Waals surface area contributed by atoms with E-state index in [0.717, 1.165) is 29.2 Å². The molecule has 2 N–H and O–H groups in total. The van der Waals surface area contributed by atoms with Crippen LogP contribution in [-0.4, -0.2) is 26.5 Å². The summed E-state index contributed by atoms with van der Waals surface area (Å²) in [6, 6.07) is 2.09. The zero-order valence-corrected chi connectivity index (χ0v) is 12.5. The minimum atomic E-state index is 0.663. The van der Waals surface area contributed by atoms with Crippen molar-refractivity contribution < 1.29 is 0 Å². The highest BCUT2D eigenvalue weighted by atomic mass is 32.1. The molecule has 3 rings (SSSR count). The van der Waals surface area contributed by atoms with Crippen molar-refractivity contribution in [3.8, 4) is 10.6 Å². The molecule has 0 atom stereocenters. The Labute approximate surface area is 125 Å². The summed E-state index contributed by atoms with van der Waals surface area (Å²) < 4.78 is 1.83. The molecule has 20 heavy (non-hydrogen) atoms. The Balaban J connectivity index is 1.67. The molecule has 0 unspecified atom stereocenters. The van der Waals surface area contributed by atoms with Gasteiger partial charge in [0.15, 0.2) is 0 Å². The average molecular weight is 305 g/mol. The maximum atomic E-state index is 5.49. The second-order valence-electron chi connectivity index (χ2n) is 4.46. The molecule has 0 aliphatic rings. The van der Waals surface area contributed by atoms with E-state index in [1.165, 1.54) is 5.56 Å². The van der Waals surface area contributed by atoms with Crippen molar-refractivity contribution in [1.29, 1.82) is 0 Å². The van der Waals surface area contributed by atoms with Gasteiger partial charge in [-0.05, 0) is 30.8 Å². The topological polar surface area (TPSA) is 69.6 Å². The number of thiazole rings is 1. The Hall–Kier alpha value is -1.57. The Morgan fingerprint density at radius 3 is 3.00 bits per heavy atom. The van der Waals surface area contributed by atoms with E-state index >= 15 is 0 Å². The number of hydrogen-bond donors (Lipinski definition) is 1. The van der Waals surface area contributed by atoms with E-state index in [4.69, 9.17) is 5.73 Å². The minimum absolute atomic E-state index is 0.663. The van der Waals surface area contributed by atoms with Crippen LogP contribution in [0.25, 0.3) is 10.6 Å². The van der Waals surface area contributed by atoms with Crippen LogP contribution in [0.2, 0.25) is 0 Å². The molecule has 5 nitrogen and oxygen atoms in total. The molecule has 7 heteroatoms. The second kappa shape index (κ2) is 6.25. The number of rotatable bonds is 6. The third-order valence-corrected chi connectivity index (χ3v) is 4.49. The number of aryl methyl sites for hydroxylation is 1. The summed E-state index contributed by atoms with van der Waals surface area (Å²) >= 11 is 3.35. The monoisotopic (exact) mass is 305 g/mol. The highest BCUT2D eigenvalue weighted by Gasteiger charge is 2.07. The fourth-order valence-corrected chi connectivity index (χ4v) is 3.40. The van der Waals surface area contributed by atoms with Crippen molar-refractivity contribution in [2.45, 2.75) is 19.4 Å². The molecular formula is C13H15N5S2. The lowest BCUT2D eigenvalue weighted by molar-refractivity contribution is 0.640. The van der Waals surface area contributed by atoms with E-state index in [-0.39, 0.29) is 0 Å². The second-order valence-corrected chi connectivity index (χ2v) is 6.09. The van der Waals surface area contributed by atoms with Gasteiger partial charge in [-0.3, -0.25) is 0 Å². The SMILES string of the molecule is NCCCc1cn(Cc2csc(-c3ccsc3)n2)nn1. The molecule has 0 aliphatic carbocycles. The molecule has 104 valence electrons. The molecule has 0 aromatic carbocycles. The van der Waals surface area contributed by atoms with Gasteiger partial charge >= 0.3 is 0 Å². The maximum absolute atomic E-state index is 5.49. The van der Waals surface area contributed by atoms with E-state index in [1.807, 2.05) is 10.9 Å². The quantitative estimate of drug-likeness (QED) is 0.759. The van der Waals surface area contributed by atoms with E-state index in [1.54, 1.807) is 22.7 Å². The van der Waals surface area contributed by atoms with Gasteiger partial charge in [0.05, 0.1) is 17.9 Å². The van der Waals surface area contributed by atoms with Crippen LogP contribution in [0.4, 0.5) is 0 Å². The van der Waals surface area contributed by atoms with Crippen molar-refractivity contribution in [2.24, 2.45) is 5.73 Å². The Kier molecular flexibility index (Phi) is 4.19. The van der Waals surface area contributed by atoms with Gasteiger partial charge in [-0.1, -0.05) is 5.21 Å². The van der Waals surface area contributed by atoms with Gasteiger partial charge in [0.2, 0.25) is 0 Å². The summed E-state index contributed by atoms with van der Waals surface area (Å²) in [5.74, 6) is 0. The van der Waals surface area contributed by atoms with E-state index < -0.39 is 0 Å². The number of nitrogens with zero attached hydrogens (tertiary/aromatic N) is 4. The fourth-order valence-electron chi connectivity index (χ4n) is 1.88. The average Bonchev–Trinajstić information content (AvgIpc) is 3.18. The zero-order valence-electron chi connectivity index (χ0n) is 10.9. The largest absolute Gasteiger partial charge is 0.330 e. The summed E-state index contributed by atoms with van der Waals surface area (Å²) in [6.45, 7) is 1.35. The molecule has 0 radical (unpaired) electrons. The smallest absolute Gasteiger partial charge is 0.124 e. The lowest BCUT2D eigenvalue weighted by Crippen LogP contribution is -2.01. The van der Waals surface area contributed by atoms with Crippen LogP contribution >= 0.6 is 22.7 Å².